The van der Waals surface area contributed by atoms with Gasteiger partial charge in [0.2, 0.25) is 0 Å². The van der Waals surface area contributed by atoms with Gasteiger partial charge < -0.3 is 25.6 Å². The second kappa shape index (κ2) is 5.67. The highest BCUT2D eigenvalue weighted by atomic mass is 19.4. The number of aromatic nitrogens is 2. The molecule has 1 saturated carbocycles. The van der Waals surface area contributed by atoms with Gasteiger partial charge in [-0.15, -0.1) is 0 Å². The van der Waals surface area contributed by atoms with Gasteiger partial charge in [-0.3, -0.25) is 0 Å². The standard InChI is InChI=1S/C17H20F3N5O2/c1-24-11-3-2-10(21)13(25-7-4-9(8-25)22-15(26)27)12(11)23-14(24)16(5-6-16)17(18,19)20/h2-3,9,22H,4-8,21H2,1H3,(H,26,27). The third-order valence-corrected chi connectivity index (χ3v) is 5.61. The average molecular weight is 383 g/mol. The number of nitrogens with one attached hydrogen (secondary N) is 1. The van der Waals surface area contributed by atoms with Crippen molar-refractivity contribution in [2.24, 2.45) is 7.05 Å². The fraction of sp³-hybridized carbons (Fsp3) is 0.529. The predicted molar refractivity (Wildman–Crippen MR) is 93.9 cm³/mol. The molecular formula is C17H20F3N5O2. The molecule has 1 aliphatic carbocycles. The number of carboxylic acid groups (broad SMARTS) is 1. The van der Waals surface area contributed by atoms with Crippen molar-refractivity contribution in [3.05, 3.63) is 18.0 Å². The Balaban J connectivity index is 1.78. The van der Waals surface area contributed by atoms with Gasteiger partial charge >= 0.3 is 12.3 Å². The molecule has 146 valence electrons. The molecular weight excluding hydrogens is 363 g/mol. The number of aryl methyl sites for hydroxylation is 1. The van der Waals surface area contributed by atoms with Gasteiger partial charge in [0.15, 0.2) is 0 Å². The summed E-state index contributed by atoms with van der Waals surface area (Å²) in [5.41, 5.74) is 6.25. The maximum Gasteiger partial charge on any atom is 0.404 e. The molecule has 27 heavy (non-hydrogen) atoms. The van der Waals surface area contributed by atoms with Crippen LogP contribution in [0.25, 0.3) is 11.0 Å². The normalized spacial score (nSPS) is 21.6. The number of fused-ring (bicyclic) bond motifs is 1. The Kier molecular flexibility index (Phi) is 3.73. The molecule has 4 N–H and O–H groups in total. The summed E-state index contributed by atoms with van der Waals surface area (Å²) in [6.07, 6.45) is -4.79. The zero-order valence-corrected chi connectivity index (χ0v) is 14.7. The third-order valence-electron chi connectivity index (χ3n) is 5.61. The first-order valence-electron chi connectivity index (χ1n) is 8.70. The number of carbonyl (C=O) groups is 1. The minimum absolute atomic E-state index is 0.0104. The van der Waals surface area contributed by atoms with E-state index in [1.165, 1.54) is 4.57 Å². The van der Waals surface area contributed by atoms with Gasteiger partial charge in [-0.25, -0.2) is 9.78 Å². The van der Waals surface area contributed by atoms with Crippen LogP contribution in [0.2, 0.25) is 0 Å². The molecule has 7 nitrogen and oxygen atoms in total. The molecule has 1 atom stereocenters. The molecule has 10 heteroatoms. The van der Waals surface area contributed by atoms with Gasteiger partial charge in [0.1, 0.15) is 16.8 Å². The second-order valence-corrected chi connectivity index (χ2v) is 7.33. The van der Waals surface area contributed by atoms with Crippen LogP contribution in [0.3, 0.4) is 0 Å². The van der Waals surface area contributed by atoms with Crippen molar-refractivity contribution >= 4 is 28.5 Å². The summed E-state index contributed by atoms with van der Waals surface area (Å²) >= 11 is 0. The van der Waals surface area contributed by atoms with E-state index in [2.05, 4.69) is 10.3 Å². The number of hydrogen-bond donors (Lipinski definition) is 3. The molecule has 0 bridgehead atoms. The Hall–Kier alpha value is -2.65. The van der Waals surface area contributed by atoms with Crippen LogP contribution in [0.5, 0.6) is 0 Å². The smallest absolute Gasteiger partial charge is 0.404 e. The highest BCUT2D eigenvalue weighted by Crippen LogP contribution is 2.59. The number of rotatable bonds is 3. The first-order valence-corrected chi connectivity index (χ1v) is 8.70. The number of hydrogen-bond acceptors (Lipinski definition) is 4. The van der Waals surface area contributed by atoms with E-state index in [4.69, 9.17) is 10.8 Å². The Labute approximate surface area is 152 Å². The van der Waals surface area contributed by atoms with Crippen LogP contribution >= 0.6 is 0 Å². The molecule has 1 aromatic heterocycles. The van der Waals surface area contributed by atoms with Crippen molar-refractivity contribution in [1.29, 1.82) is 0 Å². The summed E-state index contributed by atoms with van der Waals surface area (Å²) in [6.45, 7) is 0.941. The number of halogens is 3. The fourth-order valence-electron chi connectivity index (χ4n) is 4.04. The minimum Gasteiger partial charge on any atom is -0.465 e. The largest absolute Gasteiger partial charge is 0.465 e. The van der Waals surface area contributed by atoms with Gasteiger partial charge in [-0.1, -0.05) is 0 Å². The first kappa shape index (κ1) is 17.7. The Bertz CT molecular complexity index is 919. The number of alkyl halides is 3. The van der Waals surface area contributed by atoms with Crippen LogP contribution in [-0.4, -0.2) is 46.1 Å². The summed E-state index contributed by atoms with van der Waals surface area (Å²) in [7, 11) is 1.59. The van der Waals surface area contributed by atoms with Crippen LogP contribution in [0.1, 0.15) is 25.1 Å². The molecule has 0 spiro atoms. The lowest BCUT2D eigenvalue weighted by Crippen LogP contribution is -2.36. The highest BCUT2D eigenvalue weighted by molar-refractivity contribution is 5.96. The SMILES string of the molecule is Cn1c(C2(C(F)(F)F)CC2)nc2c(N3CCC(NC(=O)O)C3)c(N)ccc21. The van der Waals surface area contributed by atoms with Crippen molar-refractivity contribution < 1.29 is 23.1 Å². The Morgan fingerprint density at radius 3 is 2.70 bits per heavy atom. The van der Waals surface area contributed by atoms with Crippen molar-refractivity contribution in [3.63, 3.8) is 0 Å². The molecule has 1 saturated heterocycles. The molecule has 1 aliphatic heterocycles. The third kappa shape index (κ3) is 2.65. The summed E-state index contributed by atoms with van der Waals surface area (Å²) in [4.78, 5) is 17.1. The van der Waals surface area contributed by atoms with Crippen molar-refractivity contribution in [2.75, 3.05) is 23.7 Å². The number of benzene rings is 1. The van der Waals surface area contributed by atoms with Crippen LogP contribution in [0.4, 0.5) is 29.3 Å². The molecule has 2 aromatic rings. The second-order valence-electron chi connectivity index (χ2n) is 7.33. The minimum atomic E-state index is -4.35. The zero-order chi connectivity index (χ0) is 19.6. The lowest BCUT2D eigenvalue weighted by atomic mass is 10.1. The molecule has 1 amide bonds. The van der Waals surface area contributed by atoms with Crippen molar-refractivity contribution in [2.45, 2.75) is 36.9 Å². The summed E-state index contributed by atoms with van der Waals surface area (Å²) in [5.74, 6) is 0.0104. The molecule has 2 heterocycles. The number of amides is 1. The quantitative estimate of drug-likeness (QED) is 0.708. The summed E-state index contributed by atoms with van der Waals surface area (Å²) in [6, 6.07) is 3.08. The van der Waals surface area contributed by atoms with Gasteiger partial charge in [0.05, 0.1) is 22.9 Å². The van der Waals surface area contributed by atoms with Crippen LogP contribution < -0.4 is 16.0 Å². The van der Waals surface area contributed by atoms with E-state index < -0.39 is 17.7 Å². The van der Waals surface area contributed by atoms with E-state index in [9.17, 15) is 18.0 Å². The molecule has 1 aromatic carbocycles. The predicted octanol–water partition coefficient (Wildman–Crippen LogP) is 2.60. The number of nitrogens with zero attached hydrogens (tertiary/aromatic N) is 3. The first-order chi connectivity index (χ1) is 12.6. The van der Waals surface area contributed by atoms with E-state index >= 15 is 0 Å². The summed E-state index contributed by atoms with van der Waals surface area (Å²) < 4.78 is 42.3. The van der Waals surface area contributed by atoms with Crippen molar-refractivity contribution in [1.82, 2.24) is 14.9 Å². The molecule has 2 fully saturated rings. The number of anilines is 2. The number of imidazole rings is 1. The Morgan fingerprint density at radius 2 is 2.11 bits per heavy atom. The molecule has 0 radical (unpaired) electrons. The average Bonchev–Trinajstić information content (AvgIpc) is 3.16. The topological polar surface area (TPSA) is 96.4 Å². The van der Waals surface area contributed by atoms with Crippen LogP contribution in [0.15, 0.2) is 12.1 Å². The molecule has 1 unspecified atom stereocenters. The van der Waals surface area contributed by atoms with Gasteiger partial charge in [0, 0.05) is 20.1 Å². The lowest BCUT2D eigenvalue weighted by Gasteiger charge is -2.21. The lowest BCUT2D eigenvalue weighted by molar-refractivity contribution is -0.162. The van der Waals surface area contributed by atoms with Gasteiger partial charge in [-0.05, 0) is 31.4 Å². The maximum atomic E-state index is 13.6. The monoisotopic (exact) mass is 383 g/mol. The van der Waals surface area contributed by atoms with Crippen LogP contribution in [0, 0.1) is 0 Å². The van der Waals surface area contributed by atoms with E-state index in [0.717, 1.165) is 0 Å². The van der Waals surface area contributed by atoms with Gasteiger partial charge in [-0.2, -0.15) is 13.2 Å². The maximum absolute atomic E-state index is 13.6. The van der Waals surface area contributed by atoms with Gasteiger partial charge in [0.25, 0.3) is 0 Å². The van der Waals surface area contributed by atoms with E-state index in [1.807, 2.05) is 4.90 Å². The highest BCUT2D eigenvalue weighted by Gasteiger charge is 2.66. The van der Waals surface area contributed by atoms with Crippen molar-refractivity contribution in [3.8, 4) is 0 Å². The number of nitrogens with two attached hydrogens (primary N) is 1. The fourth-order valence-corrected chi connectivity index (χ4v) is 4.04. The van der Waals surface area contributed by atoms with E-state index in [1.54, 1.807) is 19.2 Å². The van der Waals surface area contributed by atoms with E-state index in [-0.39, 0.29) is 24.7 Å². The summed E-state index contributed by atoms with van der Waals surface area (Å²) in [5, 5.41) is 11.3. The zero-order valence-electron chi connectivity index (χ0n) is 14.7. The molecule has 2 aliphatic rings. The number of nitrogen functional groups attached to an aromatic ring is 1. The van der Waals surface area contributed by atoms with E-state index in [0.29, 0.717) is 41.9 Å². The molecule has 4 rings (SSSR count). The van der Waals surface area contributed by atoms with Crippen LogP contribution in [-0.2, 0) is 12.5 Å². The Morgan fingerprint density at radius 1 is 1.41 bits per heavy atom.